The number of halogens is 1. The lowest BCUT2D eigenvalue weighted by Crippen LogP contribution is -2.15. The molecule has 4 heteroatoms. The van der Waals surface area contributed by atoms with Gasteiger partial charge in [0.1, 0.15) is 11.9 Å². The second-order valence-electron chi connectivity index (χ2n) is 3.97. The van der Waals surface area contributed by atoms with Gasteiger partial charge in [-0.25, -0.2) is 0 Å². The lowest BCUT2D eigenvalue weighted by atomic mass is 10.2. The van der Waals surface area contributed by atoms with Crippen LogP contribution in [0.5, 0.6) is 5.75 Å². The number of rotatable bonds is 6. The molecule has 0 aliphatic rings. The topological polar surface area (TPSA) is 21.3 Å². The van der Waals surface area contributed by atoms with Crippen LogP contribution in [0, 0.1) is 0 Å². The van der Waals surface area contributed by atoms with Gasteiger partial charge in [0.2, 0.25) is 0 Å². The van der Waals surface area contributed by atoms with Crippen LogP contribution in [-0.2, 0) is 0 Å². The molecule has 1 aromatic heterocycles. The Balaban J connectivity index is 2.10. The maximum absolute atomic E-state index is 6.08. The van der Waals surface area contributed by atoms with Crippen LogP contribution in [0.25, 0.3) is 0 Å². The van der Waals surface area contributed by atoms with Gasteiger partial charge < -0.3 is 10.1 Å². The Hall–Kier alpha value is -0.840. The van der Waals surface area contributed by atoms with Gasteiger partial charge in [-0.1, -0.05) is 28.1 Å². The highest BCUT2D eigenvalue weighted by Crippen LogP contribution is 2.29. The summed E-state index contributed by atoms with van der Waals surface area (Å²) in [6.07, 6.45) is 1.08. The molecule has 0 aliphatic heterocycles. The Labute approximate surface area is 120 Å². The molecule has 2 rings (SSSR count). The predicted molar refractivity (Wildman–Crippen MR) is 80.4 cm³/mol. The summed E-state index contributed by atoms with van der Waals surface area (Å²) in [6, 6.07) is 12.2. The number of benzene rings is 1. The van der Waals surface area contributed by atoms with E-state index in [-0.39, 0.29) is 6.10 Å². The van der Waals surface area contributed by atoms with Crippen molar-refractivity contribution in [1.82, 2.24) is 5.32 Å². The fourth-order valence-corrected chi connectivity index (χ4v) is 2.88. The molecule has 96 valence electrons. The van der Waals surface area contributed by atoms with Gasteiger partial charge in [-0.15, -0.1) is 11.3 Å². The average Bonchev–Trinajstić information content (AvgIpc) is 2.88. The number of nitrogens with one attached hydrogen (secondary N) is 1. The average molecular weight is 326 g/mol. The third kappa shape index (κ3) is 3.83. The summed E-state index contributed by atoms with van der Waals surface area (Å²) in [6.45, 7) is 0.941. The van der Waals surface area contributed by atoms with Crippen LogP contribution in [0.1, 0.15) is 17.4 Å². The van der Waals surface area contributed by atoms with E-state index in [1.54, 1.807) is 11.3 Å². The molecule has 0 fully saturated rings. The molecule has 1 aromatic carbocycles. The van der Waals surface area contributed by atoms with Crippen molar-refractivity contribution in [2.75, 3.05) is 13.6 Å². The number of hydrogen-bond acceptors (Lipinski definition) is 3. The Kier molecular flexibility index (Phi) is 5.23. The third-order valence-corrected chi connectivity index (χ3v) is 4.05. The summed E-state index contributed by atoms with van der Waals surface area (Å²) < 4.78 is 7.12. The van der Waals surface area contributed by atoms with E-state index in [0.717, 1.165) is 23.2 Å². The van der Waals surface area contributed by atoms with Crippen molar-refractivity contribution in [3.05, 3.63) is 51.1 Å². The molecular weight excluding hydrogens is 310 g/mol. The third-order valence-electron chi connectivity index (χ3n) is 2.59. The summed E-state index contributed by atoms with van der Waals surface area (Å²) in [5, 5.41) is 5.26. The van der Waals surface area contributed by atoms with E-state index in [9.17, 15) is 0 Å². The van der Waals surface area contributed by atoms with Gasteiger partial charge in [-0.3, -0.25) is 0 Å². The second kappa shape index (κ2) is 6.92. The predicted octanol–water partition coefficient (Wildman–Crippen LogP) is 4.24. The van der Waals surface area contributed by atoms with Gasteiger partial charge in [-0.05, 0) is 43.2 Å². The molecule has 0 saturated heterocycles. The number of ether oxygens (including phenoxy) is 1. The molecule has 0 spiro atoms. The van der Waals surface area contributed by atoms with Gasteiger partial charge in [0.25, 0.3) is 0 Å². The molecule has 0 amide bonds. The van der Waals surface area contributed by atoms with E-state index in [4.69, 9.17) is 4.74 Å². The normalized spacial score (nSPS) is 12.3. The van der Waals surface area contributed by atoms with E-state index < -0.39 is 0 Å². The van der Waals surface area contributed by atoms with Crippen molar-refractivity contribution in [1.29, 1.82) is 0 Å². The minimum absolute atomic E-state index is 0.117. The van der Waals surface area contributed by atoms with Crippen molar-refractivity contribution in [3.63, 3.8) is 0 Å². The zero-order valence-corrected chi connectivity index (χ0v) is 12.6. The minimum atomic E-state index is 0.117. The molecule has 1 atom stereocenters. The molecule has 1 N–H and O–H groups in total. The quantitative estimate of drug-likeness (QED) is 0.857. The largest absolute Gasteiger partial charge is 0.485 e. The van der Waals surface area contributed by atoms with E-state index in [1.807, 2.05) is 31.3 Å². The van der Waals surface area contributed by atoms with Gasteiger partial charge in [0, 0.05) is 15.8 Å². The van der Waals surface area contributed by atoms with Crippen LogP contribution in [0.3, 0.4) is 0 Å². The molecule has 1 unspecified atom stereocenters. The standard InChI is InChI=1S/C14H16BrNOS/c1-16-8-7-13(14-6-3-9-18-14)17-12-5-2-4-11(15)10-12/h2-6,9-10,13,16H,7-8H2,1H3. The van der Waals surface area contributed by atoms with Gasteiger partial charge >= 0.3 is 0 Å². The first kappa shape index (κ1) is 13.6. The minimum Gasteiger partial charge on any atom is -0.485 e. The van der Waals surface area contributed by atoms with Crippen LogP contribution < -0.4 is 10.1 Å². The van der Waals surface area contributed by atoms with Crippen LogP contribution in [-0.4, -0.2) is 13.6 Å². The first-order valence-electron chi connectivity index (χ1n) is 5.90. The second-order valence-corrected chi connectivity index (χ2v) is 5.87. The monoisotopic (exact) mass is 325 g/mol. The summed E-state index contributed by atoms with van der Waals surface area (Å²) >= 11 is 5.20. The highest BCUT2D eigenvalue weighted by Gasteiger charge is 2.14. The van der Waals surface area contributed by atoms with E-state index in [0.29, 0.717) is 0 Å². The van der Waals surface area contributed by atoms with Crippen molar-refractivity contribution >= 4 is 27.3 Å². The van der Waals surface area contributed by atoms with Crippen molar-refractivity contribution in [3.8, 4) is 5.75 Å². The smallest absolute Gasteiger partial charge is 0.134 e. The van der Waals surface area contributed by atoms with E-state index in [2.05, 4.69) is 38.8 Å². The molecule has 2 aromatic rings. The van der Waals surface area contributed by atoms with Gasteiger partial charge in [0.15, 0.2) is 0 Å². The fraction of sp³-hybridized carbons (Fsp3) is 0.286. The maximum Gasteiger partial charge on any atom is 0.134 e. The Morgan fingerprint density at radius 1 is 1.33 bits per heavy atom. The lowest BCUT2D eigenvalue weighted by molar-refractivity contribution is 0.198. The molecule has 2 nitrogen and oxygen atoms in total. The fourth-order valence-electron chi connectivity index (χ4n) is 1.71. The zero-order valence-electron chi connectivity index (χ0n) is 10.2. The lowest BCUT2D eigenvalue weighted by Gasteiger charge is -2.18. The Morgan fingerprint density at radius 3 is 2.89 bits per heavy atom. The van der Waals surface area contributed by atoms with Crippen molar-refractivity contribution < 1.29 is 4.74 Å². The molecular formula is C14H16BrNOS. The van der Waals surface area contributed by atoms with Gasteiger partial charge in [0.05, 0.1) is 0 Å². The highest BCUT2D eigenvalue weighted by molar-refractivity contribution is 9.10. The SMILES string of the molecule is CNCCC(Oc1cccc(Br)c1)c1cccs1. The highest BCUT2D eigenvalue weighted by atomic mass is 79.9. The van der Waals surface area contributed by atoms with Crippen LogP contribution in [0.2, 0.25) is 0 Å². The maximum atomic E-state index is 6.08. The summed E-state index contributed by atoms with van der Waals surface area (Å²) in [5.41, 5.74) is 0. The molecule has 0 radical (unpaired) electrons. The summed E-state index contributed by atoms with van der Waals surface area (Å²) in [5.74, 6) is 0.902. The Morgan fingerprint density at radius 2 is 2.22 bits per heavy atom. The molecule has 18 heavy (non-hydrogen) atoms. The molecule has 1 heterocycles. The van der Waals surface area contributed by atoms with Crippen LogP contribution in [0.15, 0.2) is 46.3 Å². The number of hydrogen-bond donors (Lipinski definition) is 1. The first-order chi connectivity index (χ1) is 8.79. The van der Waals surface area contributed by atoms with Crippen molar-refractivity contribution in [2.24, 2.45) is 0 Å². The van der Waals surface area contributed by atoms with E-state index in [1.165, 1.54) is 4.88 Å². The Bertz CT molecular complexity index is 472. The van der Waals surface area contributed by atoms with Gasteiger partial charge in [-0.2, -0.15) is 0 Å². The molecule has 0 aliphatic carbocycles. The van der Waals surface area contributed by atoms with Crippen molar-refractivity contribution in [2.45, 2.75) is 12.5 Å². The molecule has 0 saturated carbocycles. The summed E-state index contributed by atoms with van der Waals surface area (Å²) in [7, 11) is 1.96. The van der Waals surface area contributed by atoms with Crippen LogP contribution in [0.4, 0.5) is 0 Å². The summed E-state index contributed by atoms with van der Waals surface area (Å²) in [4.78, 5) is 1.27. The number of thiophene rings is 1. The van der Waals surface area contributed by atoms with E-state index >= 15 is 0 Å². The zero-order chi connectivity index (χ0) is 12.8. The first-order valence-corrected chi connectivity index (χ1v) is 7.57. The molecule has 0 bridgehead atoms. The van der Waals surface area contributed by atoms with Crippen LogP contribution >= 0.6 is 27.3 Å².